The molecule has 1 N–H and O–H groups in total. The maximum Gasteiger partial charge on any atom is 0.104 e. The minimum Gasteiger partial charge on any atom is -1.00 e. The molecule has 1 aromatic carbocycles. The first-order valence-corrected chi connectivity index (χ1v) is 10.1. The van der Waals surface area contributed by atoms with Gasteiger partial charge in [0.15, 0.2) is 0 Å². The summed E-state index contributed by atoms with van der Waals surface area (Å²) in [7, 11) is 4.61. The zero-order chi connectivity index (χ0) is 17.7. The maximum absolute atomic E-state index is 9.47. The second-order valence-electron chi connectivity index (χ2n) is 7.93. The molecule has 25 heavy (non-hydrogen) atoms. The molecule has 1 aromatic rings. The van der Waals surface area contributed by atoms with Gasteiger partial charge in [-0.05, 0) is 18.4 Å². The molecule has 0 saturated carbocycles. The Hall–Kier alpha value is -0.570. The van der Waals surface area contributed by atoms with Crippen LogP contribution in [0.15, 0.2) is 24.3 Å². The zero-order valence-electron chi connectivity index (χ0n) is 16.8. The Bertz CT molecular complexity index is 434. The van der Waals surface area contributed by atoms with Crippen LogP contribution < -0.4 is 12.4 Å². The summed E-state index contributed by atoms with van der Waals surface area (Å²) in [4.78, 5) is 0. The van der Waals surface area contributed by atoms with Crippen molar-refractivity contribution in [3.05, 3.63) is 35.4 Å². The highest BCUT2D eigenvalue weighted by atomic mass is 35.5. The third-order valence-corrected chi connectivity index (χ3v) is 5.00. The highest BCUT2D eigenvalue weighted by Gasteiger charge is 2.17. The Morgan fingerprint density at radius 2 is 1.24 bits per heavy atom. The number of aliphatic hydroxyl groups excluding tert-OH is 1. The van der Waals surface area contributed by atoms with Crippen LogP contribution in [0, 0.1) is 0 Å². The van der Waals surface area contributed by atoms with Gasteiger partial charge in [-0.15, -0.1) is 0 Å². The van der Waals surface area contributed by atoms with Gasteiger partial charge in [-0.2, -0.15) is 0 Å². The Morgan fingerprint density at radius 1 is 0.760 bits per heavy atom. The lowest BCUT2D eigenvalue weighted by Crippen LogP contribution is -3.00. The van der Waals surface area contributed by atoms with Crippen LogP contribution in [0.25, 0.3) is 0 Å². The van der Waals surface area contributed by atoms with Gasteiger partial charge in [-0.25, -0.2) is 0 Å². The molecule has 0 saturated heterocycles. The lowest BCUT2D eigenvalue weighted by Gasteiger charge is -2.30. The summed E-state index contributed by atoms with van der Waals surface area (Å²) in [6.45, 7) is 4.65. The lowest BCUT2D eigenvalue weighted by molar-refractivity contribution is -0.903. The Morgan fingerprint density at radius 3 is 1.76 bits per heavy atom. The van der Waals surface area contributed by atoms with E-state index in [1.807, 2.05) is 12.1 Å². The molecule has 3 heteroatoms. The second-order valence-corrected chi connectivity index (χ2v) is 7.93. The summed E-state index contributed by atoms with van der Waals surface area (Å²) in [5, 5.41) is 9.47. The molecule has 0 heterocycles. The normalized spacial score (nSPS) is 11.4. The van der Waals surface area contributed by atoms with Crippen LogP contribution in [0.4, 0.5) is 0 Å². The molecule has 0 radical (unpaired) electrons. The summed E-state index contributed by atoms with van der Waals surface area (Å²) in [5.74, 6) is 0. The summed E-state index contributed by atoms with van der Waals surface area (Å²) in [6, 6.07) is 8.28. The lowest BCUT2D eigenvalue weighted by atomic mass is 10.1. The summed E-state index contributed by atoms with van der Waals surface area (Å²) in [6.07, 6.45) is 13.9. The average molecular weight is 370 g/mol. The highest BCUT2D eigenvalue weighted by Crippen LogP contribution is 2.16. The molecule has 0 spiro atoms. The van der Waals surface area contributed by atoms with Gasteiger partial charge in [0.2, 0.25) is 0 Å². The molecule has 0 bridgehead atoms. The van der Waals surface area contributed by atoms with Crippen LogP contribution >= 0.6 is 0 Å². The number of hydrogen-bond donors (Lipinski definition) is 1. The number of quaternary nitrogens is 1. The van der Waals surface area contributed by atoms with Gasteiger partial charge >= 0.3 is 0 Å². The second kappa shape index (κ2) is 14.6. The van der Waals surface area contributed by atoms with Crippen LogP contribution in [-0.4, -0.2) is 30.2 Å². The molecule has 2 nitrogen and oxygen atoms in total. The van der Waals surface area contributed by atoms with Crippen molar-refractivity contribution in [2.45, 2.75) is 84.3 Å². The van der Waals surface area contributed by atoms with Crippen LogP contribution in [0.2, 0.25) is 0 Å². The summed E-state index contributed by atoms with van der Waals surface area (Å²) < 4.78 is 1.01. The highest BCUT2D eigenvalue weighted by molar-refractivity contribution is 5.25. The van der Waals surface area contributed by atoms with E-state index in [1.165, 1.54) is 76.3 Å². The van der Waals surface area contributed by atoms with Crippen molar-refractivity contribution in [2.75, 3.05) is 20.6 Å². The molecular weight excluding hydrogens is 330 g/mol. The fourth-order valence-electron chi connectivity index (χ4n) is 3.43. The van der Waals surface area contributed by atoms with Gasteiger partial charge in [0.05, 0.1) is 27.2 Å². The van der Waals surface area contributed by atoms with Crippen LogP contribution in [-0.2, 0) is 13.2 Å². The van der Waals surface area contributed by atoms with E-state index < -0.39 is 0 Å². The van der Waals surface area contributed by atoms with Crippen molar-refractivity contribution in [3.8, 4) is 0 Å². The monoisotopic (exact) mass is 369 g/mol. The molecule has 0 aliphatic rings. The van der Waals surface area contributed by atoms with E-state index in [4.69, 9.17) is 0 Å². The maximum atomic E-state index is 9.47. The van der Waals surface area contributed by atoms with Gasteiger partial charge in [0, 0.05) is 5.56 Å². The molecule has 146 valence electrons. The SMILES string of the molecule is CCCCCCCCCCCC[N+](C)(C)Cc1ccccc1CO.[Cl-]. The van der Waals surface area contributed by atoms with E-state index in [0.717, 1.165) is 16.6 Å². The molecule has 0 aliphatic heterocycles. The van der Waals surface area contributed by atoms with Crippen molar-refractivity contribution < 1.29 is 22.0 Å². The third-order valence-electron chi connectivity index (χ3n) is 5.00. The molecule has 0 unspecified atom stereocenters. The number of unbranched alkanes of at least 4 members (excludes halogenated alkanes) is 9. The van der Waals surface area contributed by atoms with Crippen LogP contribution in [0.5, 0.6) is 0 Å². The predicted octanol–water partition coefficient (Wildman–Crippen LogP) is 2.68. The number of rotatable bonds is 14. The van der Waals surface area contributed by atoms with Crippen molar-refractivity contribution in [3.63, 3.8) is 0 Å². The number of aliphatic hydroxyl groups is 1. The molecular formula is C22H40ClNO. The van der Waals surface area contributed by atoms with E-state index in [0.29, 0.717) is 0 Å². The van der Waals surface area contributed by atoms with Crippen LogP contribution in [0.3, 0.4) is 0 Å². The average Bonchev–Trinajstić information content (AvgIpc) is 2.56. The predicted molar refractivity (Wildman–Crippen MR) is 105 cm³/mol. The Kier molecular flexibility index (Phi) is 14.3. The third kappa shape index (κ3) is 11.6. The Balaban J connectivity index is 0.00000576. The first-order chi connectivity index (χ1) is 11.6. The first kappa shape index (κ1) is 24.4. The fraction of sp³-hybridized carbons (Fsp3) is 0.727. The fourth-order valence-corrected chi connectivity index (χ4v) is 3.43. The molecule has 0 aromatic heterocycles. The Labute approximate surface area is 162 Å². The summed E-state index contributed by atoms with van der Waals surface area (Å²) in [5.41, 5.74) is 2.36. The quantitative estimate of drug-likeness (QED) is 0.395. The zero-order valence-corrected chi connectivity index (χ0v) is 17.5. The van der Waals surface area contributed by atoms with Crippen molar-refractivity contribution >= 4 is 0 Å². The molecule has 0 fully saturated rings. The summed E-state index contributed by atoms with van der Waals surface area (Å²) >= 11 is 0. The van der Waals surface area contributed by atoms with Crippen molar-refractivity contribution in [2.24, 2.45) is 0 Å². The first-order valence-electron chi connectivity index (χ1n) is 10.1. The molecule has 1 rings (SSSR count). The van der Waals surface area contributed by atoms with E-state index in [9.17, 15) is 5.11 Å². The molecule has 0 atom stereocenters. The molecule has 0 aliphatic carbocycles. The van der Waals surface area contributed by atoms with Gasteiger partial charge < -0.3 is 22.0 Å². The van der Waals surface area contributed by atoms with Gasteiger partial charge in [-0.1, -0.05) is 82.6 Å². The smallest absolute Gasteiger partial charge is 0.104 e. The standard InChI is InChI=1S/C22H40NO.ClH/c1-4-5-6-7-8-9-10-11-12-15-18-23(2,3)19-21-16-13-14-17-22(21)20-24;/h13-14,16-17,24H,4-12,15,18-20H2,1-3H3;1H/q+1;/p-1. The number of benzene rings is 1. The van der Waals surface area contributed by atoms with E-state index >= 15 is 0 Å². The van der Waals surface area contributed by atoms with E-state index in [2.05, 4.69) is 33.2 Å². The number of hydrogen-bond acceptors (Lipinski definition) is 1. The van der Waals surface area contributed by atoms with Crippen molar-refractivity contribution in [1.82, 2.24) is 0 Å². The van der Waals surface area contributed by atoms with Gasteiger partial charge in [0.25, 0.3) is 0 Å². The van der Waals surface area contributed by atoms with E-state index in [-0.39, 0.29) is 19.0 Å². The molecule has 0 amide bonds. The number of nitrogens with zero attached hydrogens (tertiary/aromatic N) is 1. The number of halogens is 1. The topological polar surface area (TPSA) is 20.2 Å². The minimum absolute atomic E-state index is 0. The van der Waals surface area contributed by atoms with Gasteiger partial charge in [-0.3, -0.25) is 0 Å². The van der Waals surface area contributed by atoms with Gasteiger partial charge in [0.1, 0.15) is 6.54 Å². The van der Waals surface area contributed by atoms with Crippen LogP contribution in [0.1, 0.15) is 82.3 Å². The van der Waals surface area contributed by atoms with Crippen molar-refractivity contribution in [1.29, 1.82) is 0 Å². The van der Waals surface area contributed by atoms with E-state index in [1.54, 1.807) is 0 Å². The largest absolute Gasteiger partial charge is 1.00 e. The minimum atomic E-state index is 0.